The van der Waals surface area contributed by atoms with Crippen LogP contribution in [0.5, 0.6) is 0 Å². The Morgan fingerprint density at radius 3 is 2.74 bits per heavy atom. The molecule has 0 saturated carbocycles. The molecule has 0 aliphatic heterocycles. The van der Waals surface area contributed by atoms with Crippen LogP contribution in [0.1, 0.15) is 10.5 Å². The van der Waals surface area contributed by atoms with E-state index in [0.29, 0.717) is 0 Å². The first kappa shape index (κ1) is 11.2. The standard InChI is InChI=1S/C13H10N4O2/c18-13(19)11-12(16-17-15-11)14-10-7-3-5-8-4-1-2-6-9(8)10/h1-7H,(H,18,19)(H2,14,15,16,17). The van der Waals surface area contributed by atoms with Crippen molar-refractivity contribution in [3.8, 4) is 0 Å². The first-order chi connectivity index (χ1) is 9.25. The fourth-order valence-electron chi connectivity index (χ4n) is 1.93. The van der Waals surface area contributed by atoms with E-state index >= 15 is 0 Å². The number of fused-ring (bicyclic) bond motifs is 1. The molecule has 3 aromatic rings. The quantitative estimate of drug-likeness (QED) is 0.667. The van der Waals surface area contributed by atoms with Gasteiger partial charge in [-0.25, -0.2) is 4.79 Å². The second kappa shape index (κ2) is 4.41. The van der Waals surface area contributed by atoms with Gasteiger partial charge in [-0.3, -0.25) is 0 Å². The number of nitrogens with zero attached hydrogens (tertiary/aromatic N) is 2. The molecule has 3 rings (SSSR count). The molecule has 0 bridgehead atoms. The van der Waals surface area contributed by atoms with Gasteiger partial charge in [0.1, 0.15) is 0 Å². The molecular formula is C13H10N4O2. The lowest BCUT2D eigenvalue weighted by Gasteiger charge is -2.07. The van der Waals surface area contributed by atoms with Crippen LogP contribution in [-0.4, -0.2) is 26.5 Å². The predicted octanol–water partition coefficient (Wildman–Crippen LogP) is 2.40. The molecule has 0 saturated heterocycles. The van der Waals surface area contributed by atoms with Gasteiger partial charge in [0, 0.05) is 11.1 Å². The lowest BCUT2D eigenvalue weighted by molar-refractivity contribution is 0.0691. The molecule has 0 amide bonds. The Balaban J connectivity index is 2.06. The summed E-state index contributed by atoms with van der Waals surface area (Å²) in [4.78, 5) is 11.0. The number of aromatic amines is 1. The third-order valence-electron chi connectivity index (χ3n) is 2.79. The van der Waals surface area contributed by atoms with E-state index in [4.69, 9.17) is 5.11 Å². The van der Waals surface area contributed by atoms with Gasteiger partial charge in [0.25, 0.3) is 0 Å². The summed E-state index contributed by atoms with van der Waals surface area (Å²) in [5.74, 6) is -0.930. The molecule has 0 unspecified atom stereocenters. The van der Waals surface area contributed by atoms with Gasteiger partial charge < -0.3 is 10.4 Å². The number of carbonyl (C=O) groups is 1. The molecule has 0 fully saturated rings. The number of aromatic nitrogens is 3. The summed E-state index contributed by atoms with van der Waals surface area (Å²) in [6.07, 6.45) is 0. The molecule has 1 heterocycles. The van der Waals surface area contributed by atoms with Crippen LogP contribution >= 0.6 is 0 Å². The smallest absolute Gasteiger partial charge is 0.360 e. The van der Waals surface area contributed by atoms with E-state index in [1.54, 1.807) is 0 Å². The molecule has 0 aliphatic carbocycles. The van der Waals surface area contributed by atoms with Crippen LogP contribution in [0.4, 0.5) is 11.5 Å². The van der Waals surface area contributed by atoms with Crippen molar-refractivity contribution in [2.24, 2.45) is 0 Å². The van der Waals surface area contributed by atoms with E-state index in [-0.39, 0.29) is 11.5 Å². The van der Waals surface area contributed by atoms with Crippen molar-refractivity contribution in [2.75, 3.05) is 5.32 Å². The van der Waals surface area contributed by atoms with E-state index < -0.39 is 5.97 Å². The lowest BCUT2D eigenvalue weighted by Crippen LogP contribution is -2.02. The average Bonchev–Trinajstić information content (AvgIpc) is 2.87. The first-order valence-corrected chi connectivity index (χ1v) is 5.64. The fraction of sp³-hybridized carbons (Fsp3) is 0. The summed E-state index contributed by atoms with van der Waals surface area (Å²) in [5.41, 5.74) is 0.655. The Bertz CT molecular complexity index is 746. The van der Waals surface area contributed by atoms with Crippen molar-refractivity contribution in [2.45, 2.75) is 0 Å². The largest absolute Gasteiger partial charge is 0.476 e. The number of aromatic carboxylic acids is 1. The zero-order chi connectivity index (χ0) is 13.2. The fourth-order valence-corrected chi connectivity index (χ4v) is 1.93. The Kier molecular flexibility index (Phi) is 2.60. The van der Waals surface area contributed by atoms with Crippen LogP contribution in [0.2, 0.25) is 0 Å². The molecule has 0 radical (unpaired) electrons. The summed E-state index contributed by atoms with van der Waals surface area (Å²) in [7, 11) is 0. The maximum atomic E-state index is 11.0. The van der Waals surface area contributed by atoms with Crippen molar-refractivity contribution in [1.29, 1.82) is 0 Å². The van der Waals surface area contributed by atoms with Gasteiger partial charge in [0.15, 0.2) is 5.82 Å². The van der Waals surface area contributed by atoms with Gasteiger partial charge in [-0.15, -0.1) is 10.2 Å². The maximum Gasteiger partial charge on any atom is 0.360 e. The Hall–Kier alpha value is -2.89. The van der Waals surface area contributed by atoms with Crippen LogP contribution in [-0.2, 0) is 0 Å². The summed E-state index contributed by atoms with van der Waals surface area (Å²) in [6, 6.07) is 13.6. The van der Waals surface area contributed by atoms with E-state index in [1.807, 2.05) is 42.5 Å². The molecule has 0 spiro atoms. The van der Waals surface area contributed by atoms with Crippen LogP contribution in [0.15, 0.2) is 42.5 Å². The number of carboxylic acid groups (broad SMARTS) is 1. The van der Waals surface area contributed by atoms with E-state index in [0.717, 1.165) is 16.5 Å². The van der Waals surface area contributed by atoms with Gasteiger partial charge in [-0.1, -0.05) is 36.4 Å². The van der Waals surface area contributed by atoms with Gasteiger partial charge in [-0.2, -0.15) is 5.21 Å². The van der Waals surface area contributed by atoms with E-state index in [1.165, 1.54) is 0 Å². The molecule has 19 heavy (non-hydrogen) atoms. The van der Waals surface area contributed by atoms with Gasteiger partial charge in [0.2, 0.25) is 5.69 Å². The number of nitrogens with one attached hydrogen (secondary N) is 2. The zero-order valence-corrected chi connectivity index (χ0v) is 9.79. The minimum absolute atomic E-state index is 0.132. The van der Waals surface area contributed by atoms with E-state index in [2.05, 4.69) is 20.7 Å². The van der Waals surface area contributed by atoms with E-state index in [9.17, 15) is 4.79 Å². The minimum atomic E-state index is -1.13. The molecule has 0 atom stereocenters. The highest BCUT2D eigenvalue weighted by Gasteiger charge is 2.15. The highest BCUT2D eigenvalue weighted by molar-refractivity contribution is 5.97. The predicted molar refractivity (Wildman–Crippen MR) is 70.6 cm³/mol. The van der Waals surface area contributed by atoms with Gasteiger partial charge in [-0.05, 0) is 11.5 Å². The molecule has 2 aromatic carbocycles. The number of H-pyrrole nitrogens is 1. The van der Waals surface area contributed by atoms with Crippen molar-refractivity contribution in [1.82, 2.24) is 15.4 Å². The summed E-state index contributed by atoms with van der Waals surface area (Å²) < 4.78 is 0. The number of hydrogen-bond acceptors (Lipinski definition) is 4. The van der Waals surface area contributed by atoms with Crippen molar-refractivity contribution in [3.63, 3.8) is 0 Å². The lowest BCUT2D eigenvalue weighted by atomic mass is 10.1. The number of benzene rings is 2. The van der Waals surface area contributed by atoms with Crippen molar-refractivity contribution >= 4 is 28.2 Å². The van der Waals surface area contributed by atoms with Gasteiger partial charge >= 0.3 is 5.97 Å². The number of hydrogen-bond donors (Lipinski definition) is 3. The number of carboxylic acids is 1. The third kappa shape index (κ3) is 1.99. The normalized spacial score (nSPS) is 10.5. The number of anilines is 2. The molecule has 0 aliphatic rings. The average molecular weight is 254 g/mol. The first-order valence-electron chi connectivity index (χ1n) is 5.64. The summed E-state index contributed by atoms with van der Waals surface area (Å²) in [5, 5.41) is 23.7. The Morgan fingerprint density at radius 1 is 1.11 bits per heavy atom. The Morgan fingerprint density at radius 2 is 1.89 bits per heavy atom. The van der Waals surface area contributed by atoms with Crippen LogP contribution in [0.25, 0.3) is 10.8 Å². The van der Waals surface area contributed by atoms with Gasteiger partial charge in [0.05, 0.1) is 0 Å². The zero-order valence-electron chi connectivity index (χ0n) is 9.79. The summed E-state index contributed by atoms with van der Waals surface area (Å²) in [6.45, 7) is 0. The minimum Gasteiger partial charge on any atom is -0.476 e. The van der Waals surface area contributed by atoms with Crippen molar-refractivity contribution < 1.29 is 9.90 Å². The van der Waals surface area contributed by atoms with Crippen LogP contribution in [0.3, 0.4) is 0 Å². The monoisotopic (exact) mass is 254 g/mol. The Labute approximate surface area is 108 Å². The third-order valence-corrected chi connectivity index (χ3v) is 2.79. The maximum absolute atomic E-state index is 11.0. The second-order valence-electron chi connectivity index (χ2n) is 3.98. The molecule has 94 valence electrons. The SMILES string of the molecule is O=C(O)c1n[nH]nc1Nc1cccc2ccccc12. The molecular weight excluding hydrogens is 244 g/mol. The molecule has 6 nitrogen and oxygen atoms in total. The molecule has 6 heteroatoms. The highest BCUT2D eigenvalue weighted by Crippen LogP contribution is 2.26. The van der Waals surface area contributed by atoms with Crippen LogP contribution < -0.4 is 5.32 Å². The van der Waals surface area contributed by atoms with Crippen molar-refractivity contribution in [3.05, 3.63) is 48.2 Å². The van der Waals surface area contributed by atoms with Crippen LogP contribution in [0, 0.1) is 0 Å². The molecule has 3 N–H and O–H groups in total. The topological polar surface area (TPSA) is 90.9 Å². The second-order valence-corrected chi connectivity index (χ2v) is 3.98. The summed E-state index contributed by atoms with van der Waals surface area (Å²) >= 11 is 0. The molecule has 1 aromatic heterocycles. The number of rotatable bonds is 3. The highest BCUT2D eigenvalue weighted by atomic mass is 16.4.